The number of nitrogens with zero attached hydrogens (tertiary/aromatic N) is 2. The predicted octanol–water partition coefficient (Wildman–Crippen LogP) is 4.41. The van der Waals surface area contributed by atoms with E-state index in [0.717, 1.165) is 42.5 Å². The van der Waals surface area contributed by atoms with Gasteiger partial charge in [0.2, 0.25) is 5.91 Å². The molecule has 5 rings (SSSR count). The number of carbonyl (C=O) groups excluding carboxylic acids is 2. The number of benzene rings is 1. The number of ether oxygens (including phenoxy) is 1. The van der Waals surface area contributed by atoms with Crippen LogP contribution in [-0.4, -0.2) is 40.0 Å². The van der Waals surface area contributed by atoms with E-state index in [0.29, 0.717) is 23.6 Å². The molecule has 0 spiro atoms. The van der Waals surface area contributed by atoms with Crippen LogP contribution in [0, 0.1) is 6.92 Å². The van der Waals surface area contributed by atoms with E-state index in [1.165, 1.54) is 6.42 Å². The van der Waals surface area contributed by atoms with Crippen molar-refractivity contribution < 1.29 is 18.7 Å². The molecule has 3 heterocycles. The van der Waals surface area contributed by atoms with Gasteiger partial charge in [-0.2, -0.15) is 0 Å². The normalized spacial score (nSPS) is 21.3. The van der Waals surface area contributed by atoms with Crippen molar-refractivity contribution >= 4 is 22.9 Å². The first-order valence-corrected chi connectivity index (χ1v) is 11.8. The van der Waals surface area contributed by atoms with Crippen molar-refractivity contribution in [3.05, 3.63) is 53.4 Å². The van der Waals surface area contributed by atoms with Gasteiger partial charge in [0.25, 0.3) is 5.91 Å². The molecular weight excluding hydrogens is 418 g/mol. The summed E-state index contributed by atoms with van der Waals surface area (Å²) in [6, 6.07) is 11.5. The number of rotatable bonds is 5. The zero-order valence-electron chi connectivity index (χ0n) is 19.5. The molecule has 7 nitrogen and oxygen atoms in total. The van der Waals surface area contributed by atoms with Crippen molar-refractivity contribution in [3.8, 4) is 5.75 Å². The molecule has 7 heteroatoms. The number of methoxy groups -OCH3 is 1. The molecule has 0 unspecified atom stereocenters. The van der Waals surface area contributed by atoms with Crippen LogP contribution in [0.4, 0.5) is 0 Å². The SMILES string of the molecule is COc1ccccc1CN1C(=O)c2cc3oc(C)cc3n2C[C@@]1(C)C(=O)NC1CCCCC1. The lowest BCUT2D eigenvalue weighted by atomic mass is 9.91. The molecule has 1 saturated carbocycles. The molecule has 2 aliphatic rings. The largest absolute Gasteiger partial charge is 0.496 e. The minimum Gasteiger partial charge on any atom is -0.496 e. The number of amides is 2. The molecule has 0 saturated heterocycles. The van der Waals surface area contributed by atoms with Gasteiger partial charge in [0, 0.05) is 23.7 Å². The summed E-state index contributed by atoms with van der Waals surface area (Å²) in [4.78, 5) is 29.3. The smallest absolute Gasteiger partial charge is 0.271 e. The van der Waals surface area contributed by atoms with E-state index < -0.39 is 5.54 Å². The molecule has 3 aromatic rings. The number of hydrogen-bond donors (Lipinski definition) is 1. The highest BCUT2D eigenvalue weighted by molar-refractivity contribution is 6.03. The van der Waals surface area contributed by atoms with Gasteiger partial charge < -0.3 is 23.9 Å². The van der Waals surface area contributed by atoms with Gasteiger partial charge in [-0.05, 0) is 32.8 Å². The third kappa shape index (κ3) is 3.69. The van der Waals surface area contributed by atoms with Crippen LogP contribution in [0.5, 0.6) is 5.75 Å². The van der Waals surface area contributed by atoms with Crippen molar-refractivity contribution in [2.45, 2.75) is 70.6 Å². The van der Waals surface area contributed by atoms with Gasteiger partial charge in [0.15, 0.2) is 5.58 Å². The van der Waals surface area contributed by atoms with Gasteiger partial charge in [0.1, 0.15) is 22.7 Å². The standard InChI is InChI=1S/C26H31N3O4/c1-17-13-20-23(33-17)14-21-24(30)29(15-18-9-7-8-12-22(18)32-3)26(2,16-28(20)21)25(31)27-19-10-5-4-6-11-19/h7-9,12-14,19H,4-6,10-11,15-16H2,1-3H3,(H,27,31)/t26-/m0/s1. The summed E-state index contributed by atoms with van der Waals surface area (Å²) in [5, 5.41) is 3.27. The second kappa shape index (κ2) is 8.28. The lowest BCUT2D eigenvalue weighted by Crippen LogP contribution is -2.64. The predicted molar refractivity (Wildman–Crippen MR) is 125 cm³/mol. The Kier molecular flexibility index (Phi) is 5.43. The Labute approximate surface area is 193 Å². The van der Waals surface area contributed by atoms with E-state index in [1.807, 2.05) is 48.7 Å². The molecule has 0 radical (unpaired) electrons. The number of carbonyl (C=O) groups is 2. The fourth-order valence-corrected chi connectivity index (χ4v) is 5.30. The Morgan fingerprint density at radius 1 is 1.21 bits per heavy atom. The zero-order valence-corrected chi connectivity index (χ0v) is 19.5. The van der Waals surface area contributed by atoms with Crippen LogP contribution in [0.25, 0.3) is 11.1 Å². The summed E-state index contributed by atoms with van der Waals surface area (Å²) in [5.41, 5.74) is 1.88. The quantitative estimate of drug-likeness (QED) is 0.626. The Hall–Kier alpha value is -3.22. The fourth-order valence-electron chi connectivity index (χ4n) is 5.30. The number of aromatic nitrogens is 1. The van der Waals surface area contributed by atoms with Crippen LogP contribution >= 0.6 is 0 Å². The molecule has 1 fully saturated rings. The van der Waals surface area contributed by atoms with E-state index in [2.05, 4.69) is 5.32 Å². The van der Waals surface area contributed by atoms with Crippen LogP contribution in [0.2, 0.25) is 0 Å². The number of fused-ring (bicyclic) bond motifs is 3. The second-order valence-electron chi connectivity index (χ2n) is 9.51. The summed E-state index contributed by atoms with van der Waals surface area (Å²) in [6.07, 6.45) is 5.45. The number of nitrogens with one attached hydrogen (secondary N) is 1. The molecule has 1 N–H and O–H groups in total. The van der Waals surface area contributed by atoms with Gasteiger partial charge in [-0.3, -0.25) is 9.59 Å². The van der Waals surface area contributed by atoms with Gasteiger partial charge in [-0.15, -0.1) is 0 Å². The molecule has 1 aliphatic carbocycles. The number of hydrogen-bond acceptors (Lipinski definition) is 4. The summed E-state index contributed by atoms with van der Waals surface area (Å²) in [6.45, 7) is 4.41. The van der Waals surface area contributed by atoms with Crippen molar-refractivity contribution in [3.63, 3.8) is 0 Å². The van der Waals surface area contributed by atoms with Gasteiger partial charge >= 0.3 is 0 Å². The van der Waals surface area contributed by atoms with Crippen LogP contribution in [0.1, 0.15) is 60.8 Å². The first-order valence-electron chi connectivity index (χ1n) is 11.8. The summed E-state index contributed by atoms with van der Waals surface area (Å²) in [7, 11) is 1.62. The van der Waals surface area contributed by atoms with Gasteiger partial charge in [-0.25, -0.2) is 0 Å². The lowest BCUT2D eigenvalue weighted by molar-refractivity contribution is -0.134. The van der Waals surface area contributed by atoms with Gasteiger partial charge in [-0.1, -0.05) is 37.5 Å². The fraction of sp³-hybridized carbons (Fsp3) is 0.462. The average Bonchev–Trinajstić information content (AvgIpc) is 3.34. The molecule has 174 valence electrons. The third-order valence-corrected chi connectivity index (χ3v) is 7.19. The summed E-state index contributed by atoms with van der Waals surface area (Å²) in [5.74, 6) is 1.20. The lowest BCUT2D eigenvalue weighted by Gasteiger charge is -2.45. The van der Waals surface area contributed by atoms with E-state index in [-0.39, 0.29) is 24.4 Å². The summed E-state index contributed by atoms with van der Waals surface area (Å²) >= 11 is 0. The minimum atomic E-state index is -1.06. The second-order valence-corrected chi connectivity index (χ2v) is 9.51. The first-order chi connectivity index (χ1) is 15.9. The third-order valence-electron chi connectivity index (χ3n) is 7.19. The summed E-state index contributed by atoms with van der Waals surface area (Å²) < 4.78 is 13.3. The molecular formula is C26H31N3O4. The topological polar surface area (TPSA) is 76.7 Å². The van der Waals surface area contributed by atoms with E-state index >= 15 is 0 Å². The van der Waals surface area contributed by atoms with Crippen molar-refractivity contribution in [1.29, 1.82) is 0 Å². The zero-order chi connectivity index (χ0) is 23.2. The monoisotopic (exact) mass is 449 g/mol. The van der Waals surface area contributed by atoms with Gasteiger partial charge in [0.05, 0.1) is 25.7 Å². The maximum Gasteiger partial charge on any atom is 0.271 e. The Balaban J connectivity index is 1.56. The number of aryl methyl sites for hydroxylation is 1. The molecule has 2 amide bonds. The number of furan rings is 1. The van der Waals surface area contributed by atoms with Crippen LogP contribution in [0.15, 0.2) is 40.8 Å². The Morgan fingerprint density at radius 3 is 2.73 bits per heavy atom. The molecule has 1 aliphatic heterocycles. The van der Waals surface area contributed by atoms with Crippen LogP contribution in [0.3, 0.4) is 0 Å². The molecule has 2 aromatic heterocycles. The van der Waals surface area contributed by atoms with Crippen molar-refractivity contribution in [2.24, 2.45) is 0 Å². The molecule has 0 bridgehead atoms. The highest BCUT2D eigenvalue weighted by Gasteiger charge is 2.48. The van der Waals surface area contributed by atoms with E-state index in [4.69, 9.17) is 9.15 Å². The highest BCUT2D eigenvalue weighted by atomic mass is 16.5. The van der Waals surface area contributed by atoms with Crippen LogP contribution in [-0.2, 0) is 17.9 Å². The molecule has 1 atom stereocenters. The highest BCUT2D eigenvalue weighted by Crippen LogP contribution is 2.36. The Morgan fingerprint density at radius 2 is 1.97 bits per heavy atom. The maximum absolute atomic E-state index is 13.8. The maximum atomic E-state index is 13.8. The van der Waals surface area contributed by atoms with Crippen molar-refractivity contribution in [2.75, 3.05) is 7.11 Å². The van der Waals surface area contributed by atoms with Crippen molar-refractivity contribution in [1.82, 2.24) is 14.8 Å². The van der Waals surface area contributed by atoms with E-state index in [9.17, 15) is 9.59 Å². The molecule has 1 aromatic carbocycles. The Bertz CT molecular complexity index is 1200. The van der Waals surface area contributed by atoms with E-state index in [1.54, 1.807) is 18.1 Å². The minimum absolute atomic E-state index is 0.106. The van der Waals surface area contributed by atoms with Crippen LogP contribution < -0.4 is 10.1 Å². The molecule has 33 heavy (non-hydrogen) atoms. The number of para-hydroxylation sites is 1. The first kappa shape index (κ1) is 21.6. The average molecular weight is 450 g/mol.